The van der Waals surface area contributed by atoms with Gasteiger partial charge in [-0.25, -0.2) is 0 Å². The van der Waals surface area contributed by atoms with Gasteiger partial charge in [0.05, 0.1) is 5.56 Å². The number of hydrogen-bond donors (Lipinski definition) is 3. The molecule has 0 atom stereocenters. The van der Waals surface area contributed by atoms with Crippen molar-refractivity contribution in [1.82, 2.24) is 10.3 Å². The monoisotopic (exact) mass is 485 g/mol. The fraction of sp³-hybridized carbons (Fsp3) is 0.310. The van der Waals surface area contributed by atoms with E-state index in [2.05, 4.69) is 15.6 Å². The SMILES string of the molecule is O=C(O)C[C@H]1CC[C@H](c2ccc(NC(=O)CCNC(=O)c3cncc(-c4ccccc4)c3)cc2)CC1. The molecule has 36 heavy (non-hydrogen) atoms. The van der Waals surface area contributed by atoms with Gasteiger partial charge in [0.2, 0.25) is 5.91 Å². The third-order valence-electron chi connectivity index (χ3n) is 6.72. The number of amides is 2. The van der Waals surface area contributed by atoms with Crippen molar-refractivity contribution in [2.24, 2.45) is 5.92 Å². The highest BCUT2D eigenvalue weighted by molar-refractivity contribution is 5.96. The largest absolute Gasteiger partial charge is 0.481 e. The number of carbonyl (C=O) groups excluding carboxylic acids is 2. The van der Waals surface area contributed by atoms with E-state index in [1.807, 2.05) is 54.6 Å². The predicted octanol–water partition coefficient (Wildman–Crippen LogP) is 5.26. The average molecular weight is 486 g/mol. The van der Waals surface area contributed by atoms with E-state index in [4.69, 9.17) is 5.11 Å². The van der Waals surface area contributed by atoms with Gasteiger partial charge in [-0.2, -0.15) is 0 Å². The zero-order valence-corrected chi connectivity index (χ0v) is 20.2. The molecule has 2 aromatic carbocycles. The molecule has 186 valence electrons. The highest BCUT2D eigenvalue weighted by Crippen LogP contribution is 2.37. The maximum Gasteiger partial charge on any atom is 0.303 e. The van der Waals surface area contributed by atoms with Gasteiger partial charge in [-0.3, -0.25) is 19.4 Å². The van der Waals surface area contributed by atoms with Gasteiger partial charge in [0.1, 0.15) is 0 Å². The summed E-state index contributed by atoms with van der Waals surface area (Å²) < 4.78 is 0. The second-order valence-corrected chi connectivity index (χ2v) is 9.32. The van der Waals surface area contributed by atoms with Crippen LogP contribution in [0.25, 0.3) is 11.1 Å². The molecule has 0 radical (unpaired) electrons. The van der Waals surface area contributed by atoms with Gasteiger partial charge in [-0.15, -0.1) is 0 Å². The maximum atomic E-state index is 12.5. The third kappa shape index (κ3) is 7.01. The van der Waals surface area contributed by atoms with Crippen LogP contribution in [0.4, 0.5) is 5.69 Å². The van der Waals surface area contributed by atoms with Crippen LogP contribution >= 0.6 is 0 Å². The number of anilines is 1. The summed E-state index contributed by atoms with van der Waals surface area (Å²) in [5.74, 6) is -0.442. The molecule has 0 spiro atoms. The lowest BCUT2D eigenvalue weighted by molar-refractivity contribution is -0.138. The summed E-state index contributed by atoms with van der Waals surface area (Å²) in [6, 6.07) is 19.4. The summed E-state index contributed by atoms with van der Waals surface area (Å²) in [6.07, 6.45) is 7.52. The van der Waals surface area contributed by atoms with Crippen LogP contribution in [0.3, 0.4) is 0 Å². The minimum Gasteiger partial charge on any atom is -0.481 e. The Hall–Kier alpha value is -4.00. The van der Waals surface area contributed by atoms with Crippen molar-refractivity contribution < 1.29 is 19.5 Å². The molecule has 0 saturated heterocycles. The second-order valence-electron chi connectivity index (χ2n) is 9.32. The Morgan fingerprint density at radius 1 is 0.889 bits per heavy atom. The number of aromatic nitrogens is 1. The maximum absolute atomic E-state index is 12.5. The van der Waals surface area contributed by atoms with Crippen molar-refractivity contribution in [3.8, 4) is 11.1 Å². The molecule has 4 rings (SSSR count). The predicted molar refractivity (Wildman–Crippen MR) is 139 cm³/mol. The number of rotatable bonds is 9. The summed E-state index contributed by atoms with van der Waals surface area (Å²) in [5, 5.41) is 14.6. The number of benzene rings is 2. The second kappa shape index (κ2) is 12.1. The Kier molecular flexibility index (Phi) is 8.44. The lowest BCUT2D eigenvalue weighted by Gasteiger charge is -2.28. The van der Waals surface area contributed by atoms with E-state index < -0.39 is 5.97 Å². The van der Waals surface area contributed by atoms with Crippen LogP contribution in [0.5, 0.6) is 0 Å². The van der Waals surface area contributed by atoms with Gasteiger partial charge < -0.3 is 15.7 Å². The first-order valence-corrected chi connectivity index (χ1v) is 12.4. The van der Waals surface area contributed by atoms with Crippen molar-refractivity contribution in [3.05, 3.63) is 84.2 Å². The van der Waals surface area contributed by atoms with E-state index >= 15 is 0 Å². The first-order chi connectivity index (χ1) is 17.5. The average Bonchev–Trinajstić information content (AvgIpc) is 2.90. The van der Waals surface area contributed by atoms with Gasteiger partial charge >= 0.3 is 5.97 Å². The molecule has 1 aliphatic rings. The summed E-state index contributed by atoms with van der Waals surface area (Å²) >= 11 is 0. The van der Waals surface area contributed by atoms with Crippen molar-refractivity contribution in [1.29, 1.82) is 0 Å². The highest BCUT2D eigenvalue weighted by Gasteiger charge is 2.24. The van der Waals surface area contributed by atoms with Crippen LogP contribution < -0.4 is 10.6 Å². The quantitative estimate of drug-likeness (QED) is 0.383. The van der Waals surface area contributed by atoms with Crippen LogP contribution in [0, 0.1) is 5.92 Å². The van der Waals surface area contributed by atoms with E-state index in [9.17, 15) is 14.4 Å². The van der Waals surface area contributed by atoms with Crippen molar-refractivity contribution >= 4 is 23.5 Å². The van der Waals surface area contributed by atoms with E-state index in [0.29, 0.717) is 11.5 Å². The van der Waals surface area contributed by atoms with Gasteiger partial charge in [0, 0.05) is 43.0 Å². The van der Waals surface area contributed by atoms with Gasteiger partial charge in [-0.05, 0) is 66.8 Å². The fourth-order valence-electron chi connectivity index (χ4n) is 4.75. The van der Waals surface area contributed by atoms with Crippen LogP contribution in [0.2, 0.25) is 0 Å². The summed E-state index contributed by atoms with van der Waals surface area (Å²) in [7, 11) is 0. The Labute approximate surface area is 211 Å². The number of hydrogen-bond acceptors (Lipinski definition) is 4. The molecular formula is C29H31N3O4. The molecule has 2 amide bonds. The molecule has 0 aliphatic heterocycles. The van der Waals surface area contributed by atoms with E-state index in [0.717, 1.165) is 42.5 Å². The number of nitrogens with zero attached hydrogens (tertiary/aromatic N) is 1. The third-order valence-corrected chi connectivity index (χ3v) is 6.72. The standard InChI is InChI=1S/C29H31N3O4/c33-27(14-15-31-29(36)25-17-24(18-30-19-25)21-4-2-1-3-5-21)32-26-12-10-23(11-13-26)22-8-6-20(7-9-22)16-28(34)35/h1-5,10-13,17-20,22H,6-9,14-16H2,(H,31,36)(H,32,33)(H,34,35)/t20-,22-. The Morgan fingerprint density at radius 3 is 2.31 bits per heavy atom. The molecule has 3 aromatic rings. The highest BCUT2D eigenvalue weighted by atomic mass is 16.4. The van der Waals surface area contributed by atoms with Crippen LogP contribution in [0.15, 0.2) is 73.1 Å². The number of nitrogens with one attached hydrogen (secondary N) is 2. The summed E-state index contributed by atoms with van der Waals surface area (Å²) in [6.45, 7) is 0.220. The van der Waals surface area contributed by atoms with Gasteiger partial charge in [-0.1, -0.05) is 42.5 Å². The number of carbonyl (C=O) groups is 3. The van der Waals surface area contributed by atoms with E-state index in [1.165, 1.54) is 11.8 Å². The molecule has 0 unspecified atom stereocenters. The lowest BCUT2D eigenvalue weighted by Crippen LogP contribution is -2.27. The van der Waals surface area contributed by atoms with Crippen molar-refractivity contribution in [2.75, 3.05) is 11.9 Å². The molecule has 1 aliphatic carbocycles. The van der Waals surface area contributed by atoms with Crippen LogP contribution in [-0.4, -0.2) is 34.4 Å². The number of pyridine rings is 1. The molecule has 1 fully saturated rings. The van der Waals surface area contributed by atoms with Gasteiger partial charge in [0.25, 0.3) is 5.91 Å². The molecule has 7 nitrogen and oxygen atoms in total. The molecule has 0 bridgehead atoms. The van der Waals surface area contributed by atoms with Crippen molar-refractivity contribution in [2.45, 2.75) is 44.4 Å². The minimum atomic E-state index is -0.715. The molecule has 3 N–H and O–H groups in total. The van der Waals surface area contributed by atoms with E-state index in [-0.39, 0.29) is 37.1 Å². The Balaban J connectivity index is 1.21. The molecule has 1 heterocycles. The number of carboxylic acids is 1. The number of carboxylic acid groups (broad SMARTS) is 1. The minimum absolute atomic E-state index is 0.160. The zero-order chi connectivity index (χ0) is 25.3. The fourth-order valence-corrected chi connectivity index (χ4v) is 4.75. The molecule has 7 heteroatoms. The normalized spacial score (nSPS) is 17.2. The van der Waals surface area contributed by atoms with Gasteiger partial charge in [0.15, 0.2) is 0 Å². The van der Waals surface area contributed by atoms with Crippen LogP contribution in [-0.2, 0) is 9.59 Å². The molecule has 1 aromatic heterocycles. The first kappa shape index (κ1) is 25.1. The summed E-state index contributed by atoms with van der Waals surface area (Å²) in [5.41, 5.74) is 4.23. The van der Waals surface area contributed by atoms with Crippen molar-refractivity contribution in [3.63, 3.8) is 0 Å². The lowest BCUT2D eigenvalue weighted by atomic mass is 9.77. The summed E-state index contributed by atoms with van der Waals surface area (Å²) in [4.78, 5) is 40.0. The zero-order valence-electron chi connectivity index (χ0n) is 20.2. The smallest absolute Gasteiger partial charge is 0.303 e. The molecular weight excluding hydrogens is 454 g/mol. The molecule has 1 saturated carbocycles. The topological polar surface area (TPSA) is 108 Å². The Morgan fingerprint density at radius 2 is 1.61 bits per heavy atom. The number of aliphatic carboxylic acids is 1. The first-order valence-electron chi connectivity index (χ1n) is 12.4. The Bertz CT molecular complexity index is 1190. The van der Waals surface area contributed by atoms with E-state index in [1.54, 1.807) is 12.3 Å². The van der Waals surface area contributed by atoms with Crippen LogP contribution in [0.1, 0.15) is 60.4 Å².